The van der Waals surface area contributed by atoms with Crippen LogP contribution in [0.2, 0.25) is 0 Å². The lowest BCUT2D eigenvalue weighted by Gasteiger charge is -2.45. The SMILES string of the molecule is N=C1Sc2cc(Br)ccc2C2=NCC3(CCOCC3)CN12. The fourth-order valence-corrected chi connectivity index (χ4v) is 4.67. The molecule has 0 radical (unpaired) electrons. The Kier molecular flexibility index (Phi) is 3.35. The molecule has 3 aliphatic rings. The van der Waals surface area contributed by atoms with Gasteiger partial charge in [-0.2, -0.15) is 0 Å². The van der Waals surface area contributed by atoms with Gasteiger partial charge in [0.05, 0.1) is 0 Å². The summed E-state index contributed by atoms with van der Waals surface area (Å²) in [7, 11) is 0. The fraction of sp³-hybridized carbons (Fsp3) is 0.467. The Labute approximate surface area is 136 Å². The van der Waals surface area contributed by atoms with Gasteiger partial charge in [0.1, 0.15) is 5.84 Å². The minimum atomic E-state index is 0.196. The summed E-state index contributed by atoms with van der Waals surface area (Å²) in [6, 6.07) is 6.23. The van der Waals surface area contributed by atoms with Crippen LogP contribution >= 0.6 is 27.7 Å². The van der Waals surface area contributed by atoms with E-state index in [9.17, 15) is 0 Å². The molecule has 1 N–H and O–H groups in total. The van der Waals surface area contributed by atoms with E-state index in [0.717, 1.165) is 59.9 Å². The van der Waals surface area contributed by atoms with Crippen molar-refractivity contribution >= 4 is 38.7 Å². The van der Waals surface area contributed by atoms with Crippen LogP contribution in [0.15, 0.2) is 32.6 Å². The third-order valence-electron chi connectivity index (χ3n) is 4.50. The van der Waals surface area contributed by atoms with Crippen molar-refractivity contribution in [2.75, 3.05) is 26.3 Å². The predicted octanol–water partition coefficient (Wildman–Crippen LogP) is 3.35. The number of benzene rings is 1. The van der Waals surface area contributed by atoms with Gasteiger partial charge < -0.3 is 9.64 Å². The molecule has 110 valence electrons. The van der Waals surface area contributed by atoms with E-state index in [1.165, 1.54) is 11.8 Å². The zero-order chi connectivity index (χ0) is 14.4. The van der Waals surface area contributed by atoms with Crippen LogP contribution in [0.5, 0.6) is 0 Å². The number of halogens is 1. The molecule has 0 aliphatic carbocycles. The Morgan fingerprint density at radius 3 is 2.95 bits per heavy atom. The molecule has 0 amide bonds. The molecule has 1 aromatic carbocycles. The molecular weight excluding hydrogens is 350 g/mol. The molecule has 1 saturated heterocycles. The quantitative estimate of drug-likeness (QED) is 0.766. The molecule has 4 nitrogen and oxygen atoms in total. The summed E-state index contributed by atoms with van der Waals surface area (Å²) < 4.78 is 6.55. The van der Waals surface area contributed by atoms with Gasteiger partial charge in [0.25, 0.3) is 0 Å². The van der Waals surface area contributed by atoms with Gasteiger partial charge in [-0.3, -0.25) is 10.4 Å². The van der Waals surface area contributed by atoms with Crippen LogP contribution in [-0.4, -0.2) is 42.2 Å². The van der Waals surface area contributed by atoms with E-state index in [4.69, 9.17) is 15.1 Å². The smallest absolute Gasteiger partial charge is 0.166 e. The highest BCUT2D eigenvalue weighted by Gasteiger charge is 2.41. The number of nitrogens with one attached hydrogen (secondary N) is 1. The summed E-state index contributed by atoms with van der Waals surface area (Å²) in [5.41, 5.74) is 1.35. The lowest BCUT2D eigenvalue weighted by molar-refractivity contribution is 0.0116. The van der Waals surface area contributed by atoms with Gasteiger partial charge in [-0.1, -0.05) is 27.7 Å². The number of rotatable bonds is 0. The number of thioether (sulfide) groups is 1. The van der Waals surface area contributed by atoms with E-state index in [2.05, 4.69) is 33.0 Å². The molecule has 0 aromatic heterocycles. The Hall–Kier alpha value is -0.850. The summed E-state index contributed by atoms with van der Waals surface area (Å²) >= 11 is 5.03. The second-order valence-electron chi connectivity index (χ2n) is 5.89. The molecular formula is C15H16BrN3OS. The highest BCUT2D eigenvalue weighted by Crippen LogP contribution is 2.41. The fourth-order valence-electron chi connectivity index (χ4n) is 3.23. The Morgan fingerprint density at radius 2 is 2.14 bits per heavy atom. The van der Waals surface area contributed by atoms with Gasteiger partial charge in [-0.05, 0) is 31.0 Å². The minimum Gasteiger partial charge on any atom is -0.381 e. The maximum absolute atomic E-state index is 8.38. The second kappa shape index (κ2) is 5.11. The first kappa shape index (κ1) is 13.8. The molecule has 0 unspecified atom stereocenters. The predicted molar refractivity (Wildman–Crippen MR) is 88.3 cm³/mol. The van der Waals surface area contributed by atoms with Crippen LogP contribution in [0.1, 0.15) is 18.4 Å². The molecule has 1 spiro atoms. The lowest BCUT2D eigenvalue weighted by atomic mass is 9.78. The van der Waals surface area contributed by atoms with Crippen molar-refractivity contribution in [3.8, 4) is 0 Å². The van der Waals surface area contributed by atoms with Gasteiger partial charge in [0.2, 0.25) is 0 Å². The third kappa shape index (κ3) is 2.33. The van der Waals surface area contributed by atoms with Gasteiger partial charge in [-0.25, -0.2) is 0 Å². The standard InChI is InChI=1S/C15H16BrN3OS/c16-10-1-2-11-12(7-10)21-14(17)19-9-15(8-18-13(11)19)3-5-20-6-4-15/h1-2,7,17H,3-6,8-9H2. The zero-order valence-corrected chi connectivity index (χ0v) is 14.0. The molecule has 3 heterocycles. The summed E-state index contributed by atoms with van der Waals surface area (Å²) in [4.78, 5) is 8.08. The van der Waals surface area contributed by atoms with E-state index in [0.29, 0.717) is 5.17 Å². The van der Waals surface area contributed by atoms with E-state index in [1.807, 2.05) is 6.07 Å². The molecule has 0 atom stereocenters. The number of hydrogen-bond acceptors (Lipinski definition) is 4. The number of fused-ring (bicyclic) bond motifs is 3. The number of amidine groups is 2. The summed E-state index contributed by atoms with van der Waals surface area (Å²) in [5.74, 6) is 0.971. The normalized spacial score (nSPS) is 23.6. The van der Waals surface area contributed by atoms with Gasteiger partial charge in [0, 0.05) is 46.6 Å². The molecule has 3 aliphatic heterocycles. The molecule has 1 fully saturated rings. The topological polar surface area (TPSA) is 48.7 Å². The van der Waals surface area contributed by atoms with E-state index >= 15 is 0 Å². The molecule has 0 bridgehead atoms. The van der Waals surface area contributed by atoms with Gasteiger partial charge in [0.15, 0.2) is 5.17 Å². The highest BCUT2D eigenvalue weighted by atomic mass is 79.9. The highest BCUT2D eigenvalue weighted by molar-refractivity contribution is 9.10. The van der Waals surface area contributed by atoms with Crippen molar-refractivity contribution in [3.63, 3.8) is 0 Å². The number of nitrogens with zero attached hydrogens (tertiary/aromatic N) is 2. The van der Waals surface area contributed by atoms with Crippen molar-refractivity contribution in [2.45, 2.75) is 17.7 Å². The van der Waals surface area contributed by atoms with Crippen LogP contribution in [-0.2, 0) is 4.74 Å². The van der Waals surface area contributed by atoms with Crippen molar-refractivity contribution in [3.05, 3.63) is 28.2 Å². The van der Waals surface area contributed by atoms with Gasteiger partial charge in [-0.15, -0.1) is 0 Å². The lowest BCUT2D eigenvalue weighted by Crippen LogP contribution is -2.52. The van der Waals surface area contributed by atoms with Crippen molar-refractivity contribution in [2.24, 2.45) is 10.4 Å². The average molecular weight is 366 g/mol. The Balaban J connectivity index is 1.74. The maximum Gasteiger partial charge on any atom is 0.166 e. The average Bonchev–Trinajstić information content (AvgIpc) is 2.48. The number of hydrogen-bond donors (Lipinski definition) is 1. The van der Waals surface area contributed by atoms with Crippen molar-refractivity contribution < 1.29 is 4.74 Å². The number of ether oxygens (including phenoxy) is 1. The monoisotopic (exact) mass is 365 g/mol. The Bertz CT molecular complexity index is 640. The summed E-state index contributed by atoms with van der Waals surface area (Å²) in [6.07, 6.45) is 2.09. The maximum atomic E-state index is 8.38. The second-order valence-corrected chi connectivity index (χ2v) is 7.83. The first-order chi connectivity index (χ1) is 10.2. The van der Waals surface area contributed by atoms with Crippen LogP contribution in [0, 0.1) is 10.8 Å². The van der Waals surface area contributed by atoms with Crippen molar-refractivity contribution in [1.29, 1.82) is 5.41 Å². The van der Waals surface area contributed by atoms with E-state index in [-0.39, 0.29) is 5.41 Å². The molecule has 0 saturated carbocycles. The molecule has 4 rings (SSSR count). The van der Waals surface area contributed by atoms with E-state index < -0.39 is 0 Å². The van der Waals surface area contributed by atoms with Gasteiger partial charge >= 0.3 is 0 Å². The van der Waals surface area contributed by atoms with Crippen LogP contribution < -0.4 is 0 Å². The van der Waals surface area contributed by atoms with Crippen LogP contribution in [0.3, 0.4) is 0 Å². The molecule has 1 aromatic rings. The zero-order valence-electron chi connectivity index (χ0n) is 11.6. The van der Waals surface area contributed by atoms with Crippen molar-refractivity contribution in [1.82, 2.24) is 4.90 Å². The summed E-state index contributed by atoms with van der Waals surface area (Å²) in [6.45, 7) is 3.40. The van der Waals surface area contributed by atoms with Crippen LogP contribution in [0.25, 0.3) is 0 Å². The first-order valence-electron chi connectivity index (χ1n) is 7.13. The van der Waals surface area contributed by atoms with E-state index in [1.54, 1.807) is 0 Å². The number of aliphatic imine (C=N–C) groups is 1. The first-order valence-corrected chi connectivity index (χ1v) is 8.74. The molecule has 21 heavy (non-hydrogen) atoms. The minimum absolute atomic E-state index is 0.196. The summed E-state index contributed by atoms with van der Waals surface area (Å²) in [5, 5.41) is 8.97. The van der Waals surface area contributed by atoms with Crippen LogP contribution in [0.4, 0.5) is 0 Å². The molecule has 6 heteroatoms. The third-order valence-corrected chi connectivity index (χ3v) is 5.97. The largest absolute Gasteiger partial charge is 0.381 e. The Morgan fingerprint density at radius 1 is 1.33 bits per heavy atom.